The summed E-state index contributed by atoms with van der Waals surface area (Å²) in [5.41, 5.74) is 0. The van der Waals surface area contributed by atoms with Gasteiger partial charge in [-0.25, -0.2) is 17.6 Å². The van der Waals surface area contributed by atoms with E-state index in [4.69, 9.17) is 5.11 Å². The molecule has 0 aliphatic heterocycles. The van der Waals surface area contributed by atoms with Crippen LogP contribution in [0.15, 0.2) is 11.7 Å². The van der Waals surface area contributed by atoms with Crippen molar-refractivity contribution >= 4 is 5.97 Å². The summed E-state index contributed by atoms with van der Waals surface area (Å²) in [7, 11) is 0. The molecular formula is C11H14F6O2. The fourth-order valence-corrected chi connectivity index (χ4v) is 1.36. The maximum absolute atomic E-state index is 13.0. The summed E-state index contributed by atoms with van der Waals surface area (Å²) in [6, 6.07) is 0. The van der Waals surface area contributed by atoms with Crippen LogP contribution >= 0.6 is 0 Å². The second-order valence-corrected chi connectivity index (χ2v) is 3.98. The van der Waals surface area contributed by atoms with Gasteiger partial charge in [0.25, 0.3) is 6.43 Å². The van der Waals surface area contributed by atoms with E-state index in [1.165, 1.54) is 0 Å². The first kappa shape index (κ1) is 17.8. The second-order valence-electron chi connectivity index (χ2n) is 3.98. The van der Waals surface area contributed by atoms with Gasteiger partial charge in [0, 0.05) is 12.8 Å². The van der Waals surface area contributed by atoms with Crippen molar-refractivity contribution in [1.29, 1.82) is 0 Å². The lowest BCUT2D eigenvalue weighted by atomic mass is 10.1. The zero-order chi connectivity index (χ0) is 15.1. The Labute approximate surface area is 106 Å². The molecule has 0 aliphatic carbocycles. The lowest BCUT2D eigenvalue weighted by molar-refractivity contribution is -0.137. The highest BCUT2D eigenvalue weighted by Crippen LogP contribution is 2.35. The number of carbonyl (C=O) groups is 1. The molecule has 0 saturated heterocycles. The molecule has 0 spiro atoms. The average molecular weight is 292 g/mol. The van der Waals surface area contributed by atoms with Crippen LogP contribution in [0.1, 0.15) is 38.5 Å². The number of allylic oxidation sites excluding steroid dienone is 2. The highest BCUT2D eigenvalue weighted by Gasteiger charge is 2.39. The van der Waals surface area contributed by atoms with Crippen LogP contribution in [0.25, 0.3) is 0 Å². The van der Waals surface area contributed by atoms with E-state index in [0.29, 0.717) is 6.42 Å². The Bertz CT molecular complexity index is 327. The maximum atomic E-state index is 13.0. The number of hydrogen-bond acceptors (Lipinski definition) is 1. The number of carboxylic acid groups (broad SMARTS) is 1. The van der Waals surface area contributed by atoms with Crippen LogP contribution in [0.4, 0.5) is 26.3 Å². The van der Waals surface area contributed by atoms with Crippen molar-refractivity contribution in [2.75, 3.05) is 0 Å². The summed E-state index contributed by atoms with van der Waals surface area (Å²) < 4.78 is 74.4. The molecule has 19 heavy (non-hydrogen) atoms. The fraction of sp³-hybridized carbons (Fsp3) is 0.727. The normalized spacial score (nSPS) is 13.6. The predicted molar refractivity (Wildman–Crippen MR) is 55.5 cm³/mol. The Hall–Kier alpha value is -1.21. The third kappa shape index (κ3) is 7.07. The van der Waals surface area contributed by atoms with E-state index in [1.54, 1.807) is 0 Å². The molecule has 0 fully saturated rings. The second kappa shape index (κ2) is 8.06. The van der Waals surface area contributed by atoms with Gasteiger partial charge >= 0.3 is 11.9 Å². The zero-order valence-electron chi connectivity index (χ0n) is 9.94. The number of unbranched alkanes of at least 4 members (excludes halogenated alkanes) is 3. The summed E-state index contributed by atoms with van der Waals surface area (Å²) in [6.45, 7) is 0. The van der Waals surface area contributed by atoms with Crippen molar-refractivity contribution < 1.29 is 36.2 Å². The Morgan fingerprint density at radius 1 is 1.05 bits per heavy atom. The highest BCUT2D eigenvalue weighted by molar-refractivity contribution is 5.66. The van der Waals surface area contributed by atoms with E-state index in [2.05, 4.69) is 0 Å². The molecular weight excluding hydrogens is 278 g/mol. The Balaban J connectivity index is 4.11. The maximum Gasteiger partial charge on any atom is 0.303 e. The van der Waals surface area contributed by atoms with E-state index in [1.807, 2.05) is 0 Å². The monoisotopic (exact) mass is 292 g/mol. The van der Waals surface area contributed by atoms with Gasteiger partial charge in [-0.3, -0.25) is 4.79 Å². The number of halogens is 6. The largest absolute Gasteiger partial charge is 0.481 e. The molecule has 0 aromatic carbocycles. The van der Waals surface area contributed by atoms with E-state index >= 15 is 0 Å². The molecule has 0 saturated carbocycles. The molecule has 0 aliphatic rings. The molecule has 0 radical (unpaired) electrons. The van der Waals surface area contributed by atoms with Crippen LogP contribution in [-0.2, 0) is 4.79 Å². The summed E-state index contributed by atoms with van der Waals surface area (Å²) in [4.78, 5) is 10.1. The van der Waals surface area contributed by atoms with Gasteiger partial charge in [0.05, 0.1) is 0 Å². The van der Waals surface area contributed by atoms with Gasteiger partial charge < -0.3 is 5.11 Å². The molecule has 0 bridgehead atoms. The standard InChI is InChI=1S/C11H14F6O2/c12-8(10(14)15)9(13)11(16,17)6-4-2-1-3-5-7(18)19/h10H,1-6H2,(H,18,19)/b9-8+. The van der Waals surface area contributed by atoms with Crippen LogP contribution in [0.5, 0.6) is 0 Å². The van der Waals surface area contributed by atoms with Gasteiger partial charge in [-0.2, -0.15) is 8.78 Å². The lowest BCUT2D eigenvalue weighted by Gasteiger charge is -2.14. The number of aliphatic carboxylic acids is 1. The first-order valence-electron chi connectivity index (χ1n) is 5.62. The minimum Gasteiger partial charge on any atom is -0.481 e. The minimum absolute atomic E-state index is 0.106. The Morgan fingerprint density at radius 3 is 2.05 bits per heavy atom. The molecule has 0 atom stereocenters. The smallest absolute Gasteiger partial charge is 0.303 e. The minimum atomic E-state index is -4.26. The molecule has 8 heteroatoms. The van der Waals surface area contributed by atoms with Gasteiger partial charge in [-0.1, -0.05) is 12.8 Å². The first-order valence-corrected chi connectivity index (χ1v) is 5.62. The number of alkyl halides is 4. The molecule has 0 heterocycles. The van der Waals surface area contributed by atoms with Crippen molar-refractivity contribution in [2.24, 2.45) is 0 Å². The van der Waals surface area contributed by atoms with Crippen molar-refractivity contribution in [3.05, 3.63) is 11.7 Å². The molecule has 0 rings (SSSR count). The third-order valence-electron chi connectivity index (χ3n) is 2.35. The van der Waals surface area contributed by atoms with Gasteiger partial charge in [-0.15, -0.1) is 0 Å². The topological polar surface area (TPSA) is 37.3 Å². The van der Waals surface area contributed by atoms with Gasteiger partial charge in [0.2, 0.25) is 11.7 Å². The summed E-state index contributed by atoms with van der Waals surface area (Å²) in [5.74, 6) is -10.7. The molecule has 0 aromatic rings. The highest BCUT2D eigenvalue weighted by atomic mass is 19.3. The zero-order valence-corrected chi connectivity index (χ0v) is 9.94. The molecule has 0 aromatic heterocycles. The molecule has 0 unspecified atom stereocenters. The quantitative estimate of drug-likeness (QED) is 0.503. The fourth-order valence-electron chi connectivity index (χ4n) is 1.36. The van der Waals surface area contributed by atoms with E-state index in [-0.39, 0.29) is 25.7 Å². The SMILES string of the molecule is O=C(O)CCCCCCC(F)(F)/C(F)=C(\F)C(F)F. The van der Waals surface area contributed by atoms with Crippen molar-refractivity contribution in [2.45, 2.75) is 50.9 Å². The van der Waals surface area contributed by atoms with Gasteiger partial charge in [0.1, 0.15) is 0 Å². The van der Waals surface area contributed by atoms with Crippen LogP contribution in [0.2, 0.25) is 0 Å². The van der Waals surface area contributed by atoms with Crippen LogP contribution in [0.3, 0.4) is 0 Å². The number of hydrogen-bond donors (Lipinski definition) is 1. The molecule has 2 nitrogen and oxygen atoms in total. The van der Waals surface area contributed by atoms with Crippen molar-refractivity contribution in [3.63, 3.8) is 0 Å². The van der Waals surface area contributed by atoms with Crippen molar-refractivity contribution in [3.8, 4) is 0 Å². The van der Waals surface area contributed by atoms with Gasteiger partial charge in [0.15, 0.2) is 0 Å². The molecule has 1 N–H and O–H groups in total. The third-order valence-corrected chi connectivity index (χ3v) is 2.35. The summed E-state index contributed by atoms with van der Waals surface area (Å²) in [6.07, 6.45) is -4.50. The van der Waals surface area contributed by atoms with E-state index < -0.39 is 36.4 Å². The summed E-state index contributed by atoms with van der Waals surface area (Å²) >= 11 is 0. The number of rotatable bonds is 9. The van der Waals surface area contributed by atoms with Crippen LogP contribution < -0.4 is 0 Å². The predicted octanol–water partition coefficient (Wildman–Crippen LogP) is 4.46. The Morgan fingerprint density at radius 2 is 1.58 bits per heavy atom. The summed E-state index contributed by atoms with van der Waals surface area (Å²) in [5, 5.41) is 8.30. The van der Waals surface area contributed by atoms with Crippen molar-refractivity contribution in [1.82, 2.24) is 0 Å². The Kier molecular flexibility index (Phi) is 7.55. The molecule has 0 amide bonds. The van der Waals surface area contributed by atoms with Gasteiger partial charge in [-0.05, 0) is 12.8 Å². The van der Waals surface area contributed by atoms with Crippen LogP contribution in [-0.4, -0.2) is 23.4 Å². The van der Waals surface area contributed by atoms with E-state index in [0.717, 1.165) is 0 Å². The number of carboxylic acids is 1. The van der Waals surface area contributed by atoms with E-state index in [9.17, 15) is 31.1 Å². The lowest BCUT2D eigenvalue weighted by Crippen LogP contribution is -2.19. The van der Waals surface area contributed by atoms with Crippen LogP contribution in [0, 0.1) is 0 Å². The first-order chi connectivity index (χ1) is 8.68. The molecule has 112 valence electrons. The average Bonchev–Trinajstić information content (AvgIpc) is 2.31.